The molecule has 0 saturated carbocycles. The second-order valence-corrected chi connectivity index (χ2v) is 7.01. The van der Waals surface area contributed by atoms with Crippen LogP contribution in [0.3, 0.4) is 0 Å². The fourth-order valence-electron chi connectivity index (χ4n) is 2.00. The van der Waals surface area contributed by atoms with Gasteiger partial charge in [0.25, 0.3) is 0 Å². The molecule has 4 nitrogen and oxygen atoms in total. The normalized spacial score (nSPS) is 11.4. The van der Waals surface area contributed by atoms with Crippen LogP contribution in [0.4, 0.5) is 0 Å². The summed E-state index contributed by atoms with van der Waals surface area (Å²) in [5, 5.41) is 17.9. The zero-order valence-electron chi connectivity index (χ0n) is 12.9. The summed E-state index contributed by atoms with van der Waals surface area (Å²) < 4.78 is 1.98. The van der Waals surface area contributed by atoms with E-state index in [4.69, 9.17) is 5.26 Å². The smallest absolute Gasteiger partial charge is 0.191 e. The predicted octanol–water partition coefficient (Wildman–Crippen LogP) is 3.79. The number of hydrogen-bond acceptors (Lipinski definition) is 4. The van der Waals surface area contributed by atoms with Gasteiger partial charge in [0, 0.05) is 24.8 Å². The van der Waals surface area contributed by atoms with Crippen LogP contribution < -0.4 is 0 Å². The van der Waals surface area contributed by atoms with E-state index in [-0.39, 0.29) is 5.41 Å². The lowest BCUT2D eigenvalue weighted by molar-refractivity contribution is 0.590. The lowest BCUT2D eigenvalue weighted by Crippen LogP contribution is -2.10. The van der Waals surface area contributed by atoms with Crippen molar-refractivity contribution >= 4 is 11.8 Å². The first-order valence-electron chi connectivity index (χ1n) is 6.93. The van der Waals surface area contributed by atoms with E-state index in [0.717, 1.165) is 22.3 Å². The summed E-state index contributed by atoms with van der Waals surface area (Å²) in [5.41, 5.74) is 2.51. The lowest BCUT2D eigenvalue weighted by Gasteiger charge is -2.19. The Hall–Kier alpha value is -1.80. The van der Waals surface area contributed by atoms with Gasteiger partial charge in [-0.3, -0.25) is 0 Å². The fraction of sp³-hybridized carbons (Fsp3) is 0.438. The molecule has 1 aromatic carbocycles. The Morgan fingerprint density at radius 3 is 2.43 bits per heavy atom. The Balaban J connectivity index is 2.21. The summed E-state index contributed by atoms with van der Waals surface area (Å²) in [6, 6.07) is 10.6. The molecule has 0 amide bonds. The molecule has 0 atom stereocenters. The van der Waals surface area contributed by atoms with Crippen molar-refractivity contribution in [2.45, 2.75) is 37.8 Å². The molecule has 1 aromatic heterocycles. The standard InChI is InChI=1S/C16H20N4S/c1-16(2,3)13-8-6-12(7-9-13)14-18-19-15(20(14)4)21-11-5-10-17/h6-9H,5,11H2,1-4H3. The summed E-state index contributed by atoms with van der Waals surface area (Å²) in [6.45, 7) is 6.61. The van der Waals surface area contributed by atoms with Gasteiger partial charge in [0.05, 0.1) is 6.07 Å². The van der Waals surface area contributed by atoms with Gasteiger partial charge in [-0.2, -0.15) is 5.26 Å². The molecule has 0 aliphatic carbocycles. The minimum Gasteiger partial charge on any atom is -0.305 e. The summed E-state index contributed by atoms with van der Waals surface area (Å²) in [5.74, 6) is 1.60. The van der Waals surface area contributed by atoms with E-state index >= 15 is 0 Å². The van der Waals surface area contributed by atoms with Gasteiger partial charge in [-0.05, 0) is 11.0 Å². The molecular formula is C16H20N4S. The van der Waals surface area contributed by atoms with Crippen LogP contribution in [0.5, 0.6) is 0 Å². The molecule has 0 unspecified atom stereocenters. The molecule has 0 aliphatic rings. The van der Waals surface area contributed by atoms with Crippen molar-refractivity contribution in [2.24, 2.45) is 7.05 Å². The molecule has 0 bridgehead atoms. The maximum atomic E-state index is 8.58. The number of thioether (sulfide) groups is 1. The average Bonchev–Trinajstić information content (AvgIpc) is 2.80. The van der Waals surface area contributed by atoms with Gasteiger partial charge in [0.1, 0.15) is 0 Å². The Morgan fingerprint density at radius 1 is 1.19 bits per heavy atom. The molecule has 2 rings (SSSR count). The Kier molecular flexibility index (Phi) is 4.69. The van der Waals surface area contributed by atoms with Crippen LogP contribution in [0.15, 0.2) is 29.4 Å². The molecule has 2 aromatic rings. The van der Waals surface area contributed by atoms with E-state index in [9.17, 15) is 0 Å². The maximum Gasteiger partial charge on any atom is 0.191 e. The first kappa shape index (κ1) is 15.6. The minimum atomic E-state index is 0.150. The van der Waals surface area contributed by atoms with Crippen molar-refractivity contribution in [1.29, 1.82) is 5.26 Å². The van der Waals surface area contributed by atoms with E-state index in [0.29, 0.717) is 6.42 Å². The van der Waals surface area contributed by atoms with Crippen molar-refractivity contribution in [3.05, 3.63) is 29.8 Å². The van der Waals surface area contributed by atoms with Crippen LogP contribution in [-0.2, 0) is 12.5 Å². The molecule has 0 saturated heterocycles. The van der Waals surface area contributed by atoms with Crippen LogP contribution in [0, 0.1) is 11.3 Å². The molecule has 110 valence electrons. The van der Waals surface area contributed by atoms with E-state index in [1.807, 2.05) is 11.6 Å². The third-order valence-corrected chi connectivity index (χ3v) is 4.31. The van der Waals surface area contributed by atoms with Crippen LogP contribution in [0.25, 0.3) is 11.4 Å². The molecule has 0 radical (unpaired) electrons. The van der Waals surface area contributed by atoms with Crippen LogP contribution in [-0.4, -0.2) is 20.5 Å². The molecule has 1 heterocycles. The third kappa shape index (κ3) is 3.64. The highest BCUT2D eigenvalue weighted by Gasteiger charge is 2.15. The van der Waals surface area contributed by atoms with Crippen molar-refractivity contribution < 1.29 is 0 Å². The number of hydrogen-bond donors (Lipinski definition) is 0. The first-order chi connectivity index (χ1) is 9.93. The number of rotatable bonds is 4. The Labute approximate surface area is 130 Å². The summed E-state index contributed by atoms with van der Waals surface area (Å²) in [6.07, 6.45) is 0.521. The topological polar surface area (TPSA) is 54.5 Å². The molecule has 0 aliphatic heterocycles. The highest BCUT2D eigenvalue weighted by atomic mass is 32.2. The summed E-state index contributed by atoms with van der Waals surface area (Å²) in [4.78, 5) is 0. The van der Waals surface area contributed by atoms with Gasteiger partial charge in [0.15, 0.2) is 11.0 Å². The molecule has 0 fully saturated rings. The quantitative estimate of drug-likeness (QED) is 0.637. The van der Waals surface area contributed by atoms with Crippen LogP contribution >= 0.6 is 11.8 Å². The van der Waals surface area contributed by atoms with Gasteiger partial charge in [-0.15, -0.1) is 10.2 Å². The number of aromatic nitrogens is 3. The lowest BCUT2D eigenvalue weighted by atomic mass is 9.87. The zero-order valence-corrected chi connectivity index (χ0v) is 13.7. The molecule has 5 heteroatoms. The highest BCUT2D eigenvalue weighted by molar-refractivity contribution is 7.99. The number of benzene rings is 1. The van der Waals surface area contributed by atoms with Gasteiger partial charge in [0.2, 0.25) is 0 Å². The second-order valence-electron chi connectivity index (χ2n) is 5.95. The first-order valence-corrected chi connectivity index (χ1v) is 7.92. The second kappa shape index (κ2) is 6.31. The third-order valence-electron chi connectivity index (χ3n) is 3.29. The van der Waals surface area contributed by atoms with Crippen LogP contribution in [0.2, 0.25) is 0 Å². The van der Waals surface area contributed by atoms with Crippen LogP contribution in [0.1, 0.15) is 32.8 Å². The SMILES string of the molecule is Cn1c(SCCC#N)nnc1-c1ccc(C(C)(C)C)cc1. The van der Waals surface area contributed by atoms with E-state index in [2.05, 4.69) is 61.3 Å². The molecule has 0 spiro atoms. The van der Waals surface area contributed by atoms with Gasteiger partial charge in [-0.25, -0.2) is 0 Å². The Bertz CT molecular complexity index is 644. The molecule has 0 N–H and O–H groups in total. The minimum absolute atomic E-state index is 0.150. The van der Waals surface area contributed by atoms with E-state index in [1.54, 1.807) is 11.8 Å². The average molecular weight is 300 g/mol. The summed E-state index contributed by atoms with van der Waals surface area (Å²) in [7, 11) is 1.96. The van der Waals surface area contributed by atoms with E-state index < -0.39 is 0 Å². The fourth-order valence-corrected chi connectivity index (χ4v) is 2.75. The number of nitriles is 1. The molecular weight excluding hydrogens is 280 g/mol. The van der Waals surface area contributed by atoms with Gasteiger partial charge in [-0.1, -0.05) is 56.8 Å². The van der Waals surface area contributed by atoms with Crippen molar-refractivity contribution in [3.63, 3.8) is 0 Å². The predicted molar refractivity (Wildman–Crippen MR) is 86.1 cm³/mol. The van der Waals surface area contributed by atoms with E-state index in [1.165, 1.54) is 5.56 Å². The van der Waals surface area contributed by atoms with Gasteiger partial charge >= 0.3 is 0 Å². The van der Waals surface area contributed by atoms with Crippen molar-refractivity contribution in [2.75, 3.05) is 5.75 Å². The highest BCUT2D eigenvalue weighted by Crippen LogP contribution is 2.27. The summed E-state index contributed by atoms with van der Waals surface area (Å²) >= 11 is 1.56. The maximum absolute atomic E-state index is 8.58. The Morgan fingerprint density at radius 2 is 1.86 bits per heavy atom. The van der Waals surface area contributed by atoms with Gasteiger partial charge < -0.3 is 4.57 Å². The van der Waals surface area contributed by atoms with Crippen molar-refractivity contribution in [3.8, 4) is 17.5 Å². The monoisotopic (exact) mass is 300 g/mol. The zero-order chi connectivity index (χ0) is 15.5. The largest absolute Gasteiger partial charge is 0.305 e. The molecule has 21 heavy (non-hydrogen) atoms. The van der Waals surface area contributed by atoms with Crippen molar-refractivity contribution in [1.82, 2.24) is 14.8 Å². The number of nitrogens with zero attached hydrogens (tertiary/aromatic N) is 4.